The van der Waals surface area contributed by atoms with Crippen molar-refractivity contribution in [3.05, 3.63) is 34.6 Å². The molecule has 1 aliphatic heterocycles. The number of carbonyl (C=O) groups excluding carboxylic acids is 2. The molecule has 1 aromatic rings. The van der Waals surface area contributed by atoms with Crippen molar-refractivity contribution >= 4 is 29.4 Å². The first-order valence-corrected chi connectivity index (χ1v) is 9.16. The summed E-state index contributed by atoms with van der Waals surface area (Å²) in [6.07, 6.45) is 1.22. The third-order valence-electron chi connectivity index (χ3n) is 4.53. The summed E-state index contributed by atoms with van der Waals surface area (Å²) >= 11 is 5.63. The summed E-state index contributed by atoms with van der Waals surface area (Å²) in [6, 6.07) is 2.22. The Bertz CT molecular complexity index is 748. The van der Waals surface area contributed by atoms with Crippen LogP contribution in [-0.2, 0) is 14.4 Å². The molecule has 27 heavy (non-hydrogen) atoms. The number of piperidine rings is 1. The number of carbonyl (C=O) groups is 3. The zero-order valence-electron chi connectivity index (χ0n) is 15.6. The van der Waals surface area contributed by atoms with Gasteiger partial charge in [0.1, 0.15) is 5.82 Å². The molecule has 1 saturated heterocycles. The molecule has 0 aliphatic carbocycles. The molecule has 6 nitrogen and oxygen atoms in total. The van der Waals surface area contributed by atoms with Crippen molar-refractivity contribution in [2.75, 3.05) is 13.1 Å². The highest BCUT2D eigenvalue weighted by Crippen LogP contribution is 2.25. The SMILES string of the molecule is CC(C)(C)C(=O)N1CCCC(C(=O)NC(C(=O)O)c2ccc(Cl)c(F)c2)C1. The molecule has 1 aromatic carbocycles. The minimum atomic E-state index is -1.39. The summed E-state index contributed by atoms with van der Waals surface area (Å²) in [5, 5.41) is 11.8. The standard InChI is InChI=1S/C19H24ClFN2O4/c1-19(2,3)18(27)23-8-4-5-12(10-23)16(24)22-15(17(25)26)11-6-7-13(20)14(21)9-11/h6-7,9,12,15H,4-5,8,10H2,1-3H3,(H,22,24)(H,25,26). The summed E-state index contributed by atoms with van der Waals surface area (Å²) in [4.78, 5) is 38.3. The lowest BCUT2D eigenvalue weighted by molar-refractivity contribution is -0.146. The molecule has 1 aliphatic rings. The summed E-state index contributed by atoms with van der Waals surface area (Å²) in [6.45, 7) is 6.26. The van der Waals surface area contributed by atoms with Gasteiger partial charge in [-0.1, -0.05) is 38.4 Å². The number of hydrogen-bond donors (Lipinski definition) is 2. The van der Waals surface area contributed by atoms with Crippen LogP contribution in [-0.4, -0.2) is 40.9 Å². The van der Waals surface area contributed by atoms with Gasteiger partial charge in [-0.15, -0.1) is 0 Å². The van der Waals surface area contributed by atoms with E-state index in [2.05, 4.69) is 5.32 Å². The van der Waals surface area contributed by atoms with Crippen LogP contribution in [0.3, 0.4) is 0 Å². The smallest absolute Gasteiger partial charge is 0.330 e. The largest absolute Gasteiger partial charge is 0.479 e. The molecule has 1 heterocycles. The van der Waals surface area contributed by atoms with E-state index in [1.165, 1.54) is 12.1 Å². The molecule has 148 valence electrons. The maximum absolute atomic E-state index is 13.7. The average Bonchev–Trinajstić information content (AvgIpc) is 2.60. The van der Waals surface area contributed by atoms with Gasteiger partial charge in [-0.25, -0.2) is 9.18 Å². The van der Waals surface area contributed by atoms with E-state index < -0.39 is 35.1 Å². The van der Waals surface area contributed by atoms with Crippen molar-refractivity contribution in [1.29, 1.82) is 0 Å². The lowest BCUT2D eigenvalue weighted by Gasteiger charge is -2.36. The van der Waals surface area contributed by atoms with E-state index in [0.717, 1.165) is 6.07 Å². The monoisotopic (exact) mass is 398 g/mol. The maximum Gasteiger partial charge on any atom is 0.330 e. The van der Waals surface area contributed by atoms with Crippen molar-refractivity contribution < 1.29 is 23.9 Å². The van der Waals surface area contributed by atoms with Crippen molar-refractivity contribution in [2.24, 2.45) is 11.3 Å². The molecule has 0 aromatic heterocycles. The number of nitrogens with one attached hydrogen (secondary N) is 1. The van der Waals surface area contributed by atoms with Gasteiger partial charge in [0.25, 0.3) is 0 Å². The van der Waals surface area contributed by atoms with Crippen LogP contribution in [0.2, 0.25) is 5.02 Å². The topological polar surface area (TPSA) is 86.7 Å². The fourth-order valence-electron chi connectivity index (χ4n) is 3.09. The van der Waals surface area contributed by atoms with E-state index >= 15 is 0 Å². The normalized spacial score (nSPS) is 18.7. The summed E-state index contributed by atoms with van der Waals surface area (Å²) in [7, 11) is 0. The van der Waals surface area contributed by atoms with Crippen molar-refractivity contribution in [2.45, 2.75) is 39.7 Å². The molecule has 2 N–H and O–H groups in total. The molecular formula is C19H24ClFN2O4. The highest BCUT2D eigenvalue weighted by Gasteiger charge is 2.35. The van der Waals surface area contributed by atoms with E-state index in [0.29, 0.717) is 19.4 Å². The number of carboxylic acid groups (broad SMARTS) is 1. The number of hydrogen-bond acceptors (Lipinski definition) is 3. The van der Waals surface area contributed by atoms with Gasteiger partial charge in [-0.05, 0) is 30.5 Å². The Hall–Kier alpha value is -2.15. The van der Waals surface area contributed by atoms with Crippen LogP contribution in [0.4, 0.5) is 4.39 Å². The number of likely N-dealkylation sites (tertiary alicyclic amines) is 1. The number of benzene rings is 1. The van der Waals surface area contributed by atoms with E-state index in [4.69, 9.17) is 11.6 Å². The Morgan fingerprint density at radius 1 is 1.33 bits per heavy atom. The Kier molecular flexibility index (Phi) is 6.46. The Balaban J connectivity index is 2.12. The molecule has 0 bridgehead atoms. The molecule has 2 amide bonds. The van der Waals surface area contributed by atoms with Crippen LogP contribution in [0, 0.1) is 17.2 Å². The fraction of sp³-hybridized carbons (Fsp3) is 0.526. The number of carboxylic acids is 1. The second-order valence-corrected chi connectivity index (χ2v) is 8.20. The first-order chi connectivity index (χ1) is 12.5. The van der Waals surface area contributed by atoms with Crippen LogP contribution in [0.1, 0.15) is 45.2 Å². The number of amides is 2. The quantitative estimate of drug-likeness (QED) is 0.816. The molecule has 1 fully saturated rings. The highest BCUT2D eigenvalue weighted by atomic mass is 35.5. The number of halogens is 2. The molecule has 2 atom stereocenters. The predicted octanol–water partition coefficient (Wildman–Crippen LogP) is 3.01. The fourth-order valence-corrected chi connectivity index (χ4v) is 3.21. The first kappa shape index (κ1) is 21.2. The second-order valence-electron chi connectivity index (χ2n) is 7.79. The number of nitrogens with zero attached hydrogens (tertiary/aromatic N) is 1. The van der Waals surface area contributed by atoms with Gasteiger partial charge in [0.2, 0.25) is 11.8 Å². The Morgan fingerprint density at radius 2 is 2.00 bits per heavy atom. The number of aliphatic carboxylic acids is 1. The summed E-state index contributed by atoms with van der Waals surface area (Å²) < 4.78 is 13.7. The lowest BCUT2D eigenvalue weighted by atomic mass is 9.90. The van der Waals surface area contributed by atoms with E-state index in [1.807, 2.05) is 20.8 Å². The summed E-state index contributed by atoms with van der Waals surface area (Å²) in [5.74, 6) is -3.08. The van der Waals surface area contributed by atoms with Crippen molar-refractivity contribution in [3.63, 3.8) is 0 Å². The van der Waals surface area contributed by atoms with E-state index in [1.54, 1.807) is 4.90 Å². The molecule has 0 saturated carbocycles. The van der Waals surface area contributed by atoms with Crippen LogP contribution >= 0.6 is 11.6 Å². The van der Waals surface area contributed by atoms with Crippen LogP contribution in [0.5, 0.6) is 0 Å². The van der Waals surface area contributed by atoms with Crippen LogP contribution in [0.15, 0.2) is 18.2 Å². The molecule has 2 unspecified atom stereocenters. The molecule has 0 radical (unpaired) electrons. The summed E-state index contributed by atoms with van der Waals surface area (Å²) in [5.41, 5.74) is -0.459. The molecular weight excluding hydrogens is 375 g/mol. The van der Waals surface area contributed by atoms with Crippen LogP contribution in [0.25, 0.3) is 0 Å². The van der Waals surface area contributed by atoms with Gasteiger partial charge < -0.3 is 15.3 Å². The molecule has 2 rings (SSSR count). The number of rotatable bonds is 4. The van der Waals surface area contributed by atoms with Crippen LogP contribution < -0.4 is 5.32 Å². The third-order valence-corrected chi connectivity index (χ3v) is 4.84. The average molecular weight is 399 g/mol. The molecule has 8 heteroatoms. The zero-order chi connectivity index (χ0) is 20.4. The van der Waals surface area contributed by atoms with Crippen molar-refractivity contribution in [3.8, 4) is 0 Å². The highest BCUT2D eigenvalue weighted by molar-refractivity contribution is 6.30. The second kappa shape index (κ2) is 8.25. The lowest BCUT2D eigenvalue weighted by Crippen LogP contribution is -2.49. The minimum Gasteiger partial charge on any atom is -0.479 e. The minimum absolute atomic E-state index is 0.0467. The third kappa shape index (κ3) is 5.19. The zero-order valence-corrected chi connectivity index (χ0v) is 16.3. The van der Waals surface area contributed by atoms with Gasteiger partial charge in [0.15, 0.2) is 6.04 Å². The van der Waals surface area contributed by atoms with Gasteiger partial charge >= 0.3 is 5.97 Å². The van der Waals surface area contributed by atoms with Gasteiger partial charge in [-0.3, -0.25) is 9.59 Å². The Labute approximate surface area is 162 Å². The Morgan fingerprint density at radius 3 is 2.56 bits per heavy atom. The predicted molar refractivity (Wildman–Crippen MR) is 98.7 cm³/mol. The first-order valence-electron chi connectivity index (χ1n) is 8.78. The van der Waals surface area contributed by atoms with Gasteiger partial charge in [-0.2, -0.15) is 0 Å². The van der Waals surface area contributed by atoms with E-state index in [9.17, 15) is 23.9 Å². The maximum atomic E-state index is 13.7. The van der Waals surface area contributed by atoms with Crippen molar-refractivity contribution in [1.82, 2.24) is 10.2 Å². The molecule has 0 spiro atoms. The van der Waals surface area contributed by atoms with E-state index in [-0.39, 0.29) is 23.0 Å². The van der Waals surface area contributed by atoms with Gasteiger partial charge in [0, 0.05) is 18.5 Å². The van der Waals surface area contributed by atoms with Gasteiger partial charge in [0.05, 0.1) is 10.9 Å².